The van der Waals surface area contributed by atoms with Crippen molar-refractivity contribution in [1.29, 1.82) is 0 Å². The number of nitrogens with zero attached hydrogens (tertiary/aromatic N) is 1. The molecule has 102 valence electrons. The van der Waals surface area contributed by atoms with Crippen molar-refractivity contribution in [1.82, 2.24) is 10.2 Å². The van der Waals surface area contributed by atoms with Crippen LogP contribution in [0.3, 0.4) is 0 Å². The molecule has 0 radical (unpaired) electrons. The molecule has 0 unspecified atom stereocenters. The zero-order chi connectivity index (χ0) is 13.2. The molecule has 0 bridgehead atoms. The first kappa shape index (κ1) is 15.2. The van der Waals surface area contributed by atoms with Crippen molar-refractivity contribution in [2.45, 2.75) is 40.2 Å². The molecule has 0 atom stereocenters. The molecule has 2 heteroatoms. The summed E-state index contributed by atoms with van der Waals surface area (Å²) >= 11 is 0. The Morgan fingerprint density at radius 3 is 2.56 bits per heavy atom. The van der Waals surface area contributed by atoms with E-state index in [0.29, 0.717) is 0 Å². The predicted octanol–water partition coefficient (Wildman–Crippen LogP) is 3.21. The van der Waals surface area contributed by atoms with Crippen LogP contribution < -0.4 is 5.32 Å². The topological polar surface area (TPSA) is 15.3 Å². The first-order valence-corrected chi connectivity index (χ1v) is 7.24. The van der Waals surface area contributed by atoms with Gasteiger partial charge in [0.05, 0.1) is 0 Å². The maximum Gasteiger partial charge on any atom is 0.0205 e. The van der Waals surface area contributed by atoms with E-state index in [9.17, 15) is 0 Å². The molecule has 1 aromatic rings. The van der Waals surface area contributed by atoms with E-state index in [1.807, 2.05) is 0 Å². The average molecular weight is 248 g/mol. The van der Waals surface area contributed by atoms with Crippen molar-refractivity contribution in [2.24, 2.45) is 0 Å². The van der Waals surface area contributed by atoms with Gasteiger partial charge in [0.25, 0.3) is 0 Å². The summed E-state index contributed by atoms with van der Waals surface area (Å²) in [5.41, 5.74) is 2.73. The molecular weight excluding hydrogens is 220 g/mol. The van der Waals surface area contributed by atoms with Gasteiger partial charge in [-0.15, -0.1) is 0 Å². The van der Waals surface area contributed by atoms with Crippen molar-refractivity contribution in [3.63, 3.8) is 0 Å². The van der Waals surface area contributed by atoms with Gasteiger partial charge in [-0.05, 0) is 51.5 Å². The lowest BCUT2D eigenvalue weighted by Gasteiger charge is -2.17. The summed E-state index contributed by atoms with van der Waals surface area (Å²) in [6, 6.07) is 8.72. The number of nitrogens with one attached hydrogen (secondary N) is 1. The second-order valence-electron chi connectivity index (χ2n) is 4.90. The van der Waals surface area contributed by atoms with Crippen LogP contribution >= 0.6 is 0 Å². The molecule has 1 N–H and O–H groups in total. The Bertz CT molecular complexity index is 319. The van der Waals surface area contributed by atoms with E-state index in [1.165, 1.54) is 43.6 Å². The number of aryl methyl sites for hydroxylation is 1. The minimum absolute atomic E-state index is 0.993. The zero-order valence-electron chi connectivity index (χ0n) is 12.2. The number of hydrogen-bond acceptors (Lipinski definition) is 2. The van der Waals surface area contributed by atoms with Gasteiger partial charge in [0, 0.05) is 6.54 Å². The molecule has 0 aliphatic rings. The molecular formula is C16H28N2. The first-order chi connectivity index (χ1) is 8.76. The standard InChI is InChI=1S/C16H28N2/c1-4-18(5-2)12-7-6-11-17-14-16-10-8-9-15(3)13-16/h8-10,13,17H,4-7,11-12,14H2,1-3H3. The summed E-state index contributed by atoms with van der Waals surface area (Å²) in [4.78, 5) is 2.49. The quantitative estimate of drug-likeness (QED) is 0.675. The van der Waals surface area contributed by atoms with E-state index < -0.39 is 0 Å². The van der Waals surface area contributed by atoms with E-state index in [2.05, 4.69) is 55.3 Å². The highest BCUT2D eigenvalue weighted by Crippen LogP contribution is 2.03. The highest BCUT2D eigenvalue weighted by Gasteiger charge is 1.98. The largest absolute Gasteiger partial charge is 0.313 e. The van der Waals surface area contributed by atoms with E-state index >= 15 is 0 Å². The van der Waals surface area contributed by atoms with Crippen LogP contribution in [0.25, 0.3) is 0 Å². The summed E-state index contributed by atoms with van der Waals surface area (Å²) in [5.74, 6) is 0. The summed E-state index contributed by atoms with van der Waals surface area (Å²) < 4.78 is 0. The smallest absolute Gasteiger partial charge is 0.0205 e. The van der Waals surface area contributed by atoms with Crippen molar-refractivity contribution in [3.8, 4) is 0 Å². The van der Waals surface area contributed by atoms with Crippen molar-refractivity contribution < 1.29 is 0 Å². The fourth-order valence-corrected chi connectivity index (χ4v) is 2.18. The summed E-state index contributed by atoms with van der Waals surface area (Å²) in [5, 5.41) is 3.52. The van der Waals surface area contributed by atoms with Gasteiger partial charge in [0.2, 0.25) is 0 Å². The molecule has 2 nitrogen and oxygen atoms in total. The molecule has 0 spiro atoms. The minimum atomic E-state index is 0.993. The number of hydrogen-bond donors (Lipinski definition) is 1. The molecule has 0 aliphatic carbocycles. The number of rotatable bonds is 9. The molecule has 18 heavy (non-hydrogen) atoms. The van der Waals surface area contributed by atoms with E-state index in [-0.39, 0.29) is 0 Å². The van der Waals surface area contributed by atoms with Crippen molar-refractivity contribution in [3.05, 3.63) is 35.4 Å². The van der Waals surface area contributed by atoms with Gasteiger partial charge < -0.3 is 10.2 Å². The normalized spacial score (nSPS) is 11.1. The van der Waals surface area contributed by atoms with Gasteiger partial charge >= 0.3 is 0 Å². The van der Waals surface area contributed by atoms with Crippen molar-refractivity contribution >= 4 is 0 Å². The lowest BCUT2D eigenvalue weighted by molar-refractivity contribution is 0.296. The zero-order valence-corrected chi connectivity index (χ0v) is 12.2. The third-order valence-electron chi connectivity index (χ3n) is 3.38. The van der Waals surface area contributed by atoms with Crippen LogP contribution in [-0.2, 0) is 6.54 Å². The monoisotopic (exact) mass is 248 g/mol. The van der Waals surface area contributed by atoms with Gasteiger partial charge in [-0.25, -0.2) is 0 Å². The van der Waals surface area contributed by atoms with Gasteiger partial charge in [-0.2, -0.15) is 0 Å². The van der Waals surface area contributed by atoms with Gasteiger partial charge in [0.15, 0.2) is 0 Å². The molecule has 0 amide bonds. The van der Waals surface area contributed by atoms with E-state index in [1.54, 1.807) is 0 Å². The highest BCUT2D eigenvalue weighted by atomic mass is 15.1. The minimum Gasteiger partial charge on any atom is -0.313 e. The molecule has 0 fully saturated rings. The Morgan fingerprint density at radius 1 is 1.11 bits per heavy atom. The molecule has 1 aromatic carbocycles. The predicted molar refractivity (Wildman–Crippen MR) is 79.9 cm³/mol. The van der Waals surface area contributed by atoms with Crippen LogP contribution in [0.2, 0.25) is 0 Å². The molecule has 0 saturated carbocycles. The fraction of sp³-hybridized carbons (Fsp3) is 0.625. The third kappa shape index (κ3) is 6.18. The Balaban J connectivity index is 2.05. The Morgan fingerprint density at radius 2 is 1.89 bits per heavy atom. The number of benzene rings is 1. The van der Waals surface area contributed by atoms with Crippen LogP contribution in [0.4, 0.5) is 0 Å². The maximum absolute atomic E-state index is 3.52. The van der Waals surface area contributed by atoms with Crippen LogP contribution in [0, 0.1) is 6.92 Å². The molecule has 0 heterocycles. The molecule has 0 aromatic heterocycles. The van der Waals surface area contributed by atoms with Crippen LogP contribution in [0.15, 0.2) is 24.3 Å². The highest BCUT2D eigenvalue weighted by molar-refractivity contribution is 5.21. The van der Waals surface area contributed by atoms with E-state index in [0.717, 1.165) is 13.1 Å². The van der Waals surface area contributed by atoms with Gasteiger partial charge in [0.1, 0.15) is 0 Å². The lowest BCUT2D eigenvalue weighted by Crippen LogP contribution is -2.25. The Hall–Kier alpha value is -0.860. The second-order valence-corrected chi connectivity index (χ2v) is 4.90. The van der Waals surface area contributed by atoms with Gasteiger partial charge in [-0.1, -0.05) is 43.7 Å². The van der Waals surface area contributed by atoms with Crippen LogP contribution in [0.1, 0.15) is 37.8 Å². The van der Waals surface area contributed by atoms with Crippen molar-refractivity contribution in [2.75, 3.05) is 26.2 Å². The van der Waals surface area contributed by atoms with Crippen LogP contribution in [0.5, 0.6) is 0 Å². The summed E-state index contributed by atoms with van der Waals surface area (Å²) in [6.45, 7) is 12.3. The molecule has 0 aliphatic heterocycles. The SMILES string of the molecule is CCN(CC)CCCCNCc1cccc(C)c1. The fourth-order valence-electron chi connectivity index (χ4n) is 2.18. The average Bonchev–Trinajstić information content (AvgIpc) is 2.38. The second kappa shape index (κ2) is 9.12. The lowest BCUT2D eigenvalue weighted by atomic mass is 10.1. The molecule has 0 saturated heterocycles. The van der Waals surface area contributed by atoms with E-state index in [4.69, 9.17) is 0 Å². The first-order valence-electron chi connectivity index (χ1n) is 7.24. The summed E-state index contributed by atoms with van der Waals surface area (Å²) in [6.07, 6.45) is 2.56. The summed E-state index contributed by atoms with van der Waals surface area (Å²) in [7, 11) is 0. The Kier molecular flexibility index (Phi) is 7.70. The number of unbranched alkanes of at least 4 members (excludes halogenated alkanes) is 1. The Labute approximate surface area is 112 Å². The van der Waals surface area contributed by atoms with Gasteiger partial charge in [-0.3, -0.25) is 0 Å². The third-order valence-corrected chi connectivity index (χ3v) is 3.38. The van der Waals surface area contributed by atoms with Crippen LogP contribution in [-0.4, -0.2) is 31.1 Å². The maximum atomic E-state index is 3.52. The molecule has 1 rings (SSSR count).